The van der Waals surface area contributed by atoms with E-state index in [9.17, 15) is 28.4 Å². The molecule has 0 aliphatic carbocycles. The Morgan fingerprint density at radius 3 is 0.806 bits per heavy atom. The van der Waals surface area contributed by atoms with Gasteiger partial charge in [-0.2, -0.15) is 0 Å². The molecule has 167 valence electrons. The van der Waals surface area contributed by atoms with E-state index < -0.39 is 24.8 Å². The number of benzene rings is 3. The van der Waals surface area contributed by atoms with Crippen LogP contribution in [0.2, 0.25) is 0 Å². The molecule has 3 unspecified atom stereocenters. The Balaban J connectivity index is 0.000000429. The largest absolute Gasteiger partial charge is 3.00 e. The topological polar surface area (TPSA) is 148 Å². The van der Waals surface area contributed by atoms with E-state index in [0.717, 1.165) is 0 Å². The van der Waals surface area contributed by atoms with E-state index in [-0.39, 0.29) is 17.1 Å². The van der Waals surface area contributed by atoms with Crippen molar-refractivity contribution in [2.75, 3.05) is 0 Å². The van der Waals surface area contributed by atoms with Crippen LogP contribution in [-0.2, 0) is 30.8 Å². The molecule has 0 aliphatic rings. The Kier molecular flexibility index (Phi) is 16.7. The third kappa shape index (κ3) is 16.5. The van der Waals surface area contributed by atoms with Crippen LogP contribution in [0.1, 0.15) is 0 Å². The summed E-state index contributed by atoms with van der Waals surface area (Å²) in [4.78, 5) is 30.1. The van der Waals surface area contributed by atoms with Gasteiger partial charge >= 0.3 is 17.1 Å². The second-order valence-electron chi connectivity index (χ2n) is 5.00. The zero-order chi connectivity index (χ0) is 22.2. The molecule has 9 nitrogen and oxygen atoms in total. The van der Waals surface area contributed by atoms with Crippen LogP contribution < -0.4 is 28.3 Å². The first-order valence-electron chi connectivity index (χ1n) is 8.18. The van der Waals surface area contributed by atoms with Gasteiger partial charge in [0.2, 0.25) is 0 Å². The molecule has 1 radical (unpaired) electrons. The van der Waals surface area contributed by atoms with Gasteiger partial charge in [0.15, 0.2) is 24.8 Å². The Morgan fingerprint density at radius 1 is 0.452 bits per heavy atom. The Morgan fingerprint density at radius 2 is 0.645 bits per heavy atom. The van der Waals surface area contributed by atoms with Crippen LogP contribution in [0, 0.1) is 0 Å². The fraction of sp³-hybridized carbons (Fsp3) is 0. The second kappa shape index (κ2) is 17.8. The summed E-state index contributed by atoms with van der Waals surface area (Å²) < 4.78 is 43.3. The third-order valence-electron chi connectivity index (χ3n) is 2.83. The summed E-state index contributed by atoms with van der Waals surface area (Å²) in [5, 5.41) is 0. The van der Waals surface area contributed by atoms with Crippen molar-refractivity contribution in [2.24, 2.45) is 0 Å². The summed E-state index contributed by atoms with van der Waals surface area (Å²) in [6.45, 7) is 0. The molecular formula is C18H18FeO9P3. The van der Waals surface area contributed by atoms with Crippen LogP contribution in [0.4, 0.5) is 0 Å². The normalized spacial score (nSPS) is 12.1. The first kappa shape index (κ1) is 29.1. The molecule has 0 saturated carbocycles. The smallest absolute Gasteiger partial charge is 0.771 e. The van der Waals surface area contributed by atoms with Crippen molar-refractivity contribution in [1.29, 1.82) is 0 Å². The molecule has 3 aromatic carbocycles. The summed E-state index contributed by atoms with van der Waals surface area (Å²) in [6, 6.07) is 25.1. The molecule has 3 aromatic rings. The predicted molar refractivity (Wildman–Crippen MR) is 108 cm³/mol. The van der Waals surface area contributed by atoms with Crippen molar-refractivity contribution in [3.63, 3.8) is 0 Å². The minimum Gasteiger partial charge on any atom is -0.771 e. The van der Waals surface area contributed by atoms with Crippen LogP contribution in [-0.4, -0.2) is 0 Å². The van der Waals surface area contributed by atoms with Crippen LogP contribution >= 0.6 is 24.8 Å². The summed E-state index contributed by atoms with van der Waals surface area (Å²) >= 11 is 0. The van der Waals surface area contributed by atoms with Gasteiger partial charge in [-0.3, -0.25) is 13.7 Å². The van der Waals surface area contributed by atoms with E-state index in [1.807, 2.05) is 0 Å². The number of rotatable bonds is 6. The molecule has 0 fully saturated rings. The molecule has 0 saturated heterocycles. The second-order valence-corrected chi connectivity index (χ2v) is 7.11. The zero-order valence-electron chi connectivity index (χ0n) is 15.7. The quantitative estimate of drug-likeness (QED) is 0.348. The molecule has 3 atom stereocenters. The molecule has 0 aromatic heterocycles. The van der Waals surface area contributed by atoms with Gasteiger partial charge in [-0.25, -0.2) is 0 Å². The van der Waals surface area contributed by atoms with Gasteiger partial charge in [0, 0.05) is 0 Å². The van der Waals surface area contributed by atoms with Gasteiger partial charge in [0.05, 0.1) is 0 Å². The van der Waals surface area contributed by atoms with Crippen LogP contribution in [0.25, 0.3) is 0 Å². The molecule has 13 heteroatoms. The minimum atomic E-state index is -3.09. The fourth-order valence-electron chi connectivity index (χ4n) is 1.75. The first-order chi connectivity index (χ1) is 14.4. The molecule has 0 aliphatic heterocycles. The van der Waals surface area contributed by atoms with E-state index >= 15 is 0 Å². The SMILES string of the molecule is O=[PH]([O-])Oc1ccccc1.O=[PH]([O-])Oc1ccccc1.O=[PH]([O-])Oc1ccccc1.[Fe+3]. The molecule has 31 heavy (non-hydrogen) atoms. The van der Waals surface area contributed by atoms with Gasteiger partial charge in [-0.15, -0.1) is 0 Å². The third-order valence-corrected chi connectivity index (χ3v) is 4.04. The maximum Gasteiger partial charge on any atom is 3.00 e. The molecule has 3 rings (SSSR count). The van der Waals surface area contributed by atoms with Crippen LogP contribution in [0.5, 0.6) is 17.2 Å². The van der Waals surface area contributed by atoms with Crippen molar-refractivity contribution in [3.8, 4) is 17.2 Å². The van der Waals surface area contributed by atoms with Gasteiger partial charge in [-0.1, -0.05) is 54.6 Å². The number of para-hydroxylation sites is 3. The van der Waals surface area contributed by atoms with Crippen molar-refractivity contribution < 1.29 is 59.0 Å². The summed E-state index contributed by atoms with van der Waals surface area (Å²) in [5.41, 5.74) is 0. The molecular weight excluding hydrogens is 509 g/mol. The first-order valence-corrected chi connectivity index (χ1v) is 11.9. The van der Waals surface area contributed by atoms with Crippen molar-refractivity contribution in [3.05, 3.63) is 91.0 Å². The van der Waals surface area contributed by atoms with Gasteiger partial charge in [0.25, 0.3) is 0 Å². The molecule has 0 heterocycles. The summed E-state index contributed by atoms with van der Waals surface area (Å²) in [7, 11) is -9.26. The van der Waals surface area contributed by atoms with Crippen molar-refractivity contribution in [2.45, 2.75) is 0 Å². The maximum atomic E-state index is 10.0. The summed E-state index contributed by atoms with van der Waals surface area (Å²) in [5.74, 6) is 1.09. The average Bonchev–Trinajstić information content (AvgIpc) is 2.70. The Hall–Kier alpha value is -1.85. The van der Waals surface area contributed by atoms with E-state index in [4.69, 9.17) is 0 Å². The number of hydrogen-bond donors (Lipinski definition) is 0. The molecule has 0 amide bonds. The molecule has 0 bridgehead atoms. The molecule has 0 spiro atoms. The fourth-order valence-corrected chi connectivity index (χ4v) is 2.74. The molecule has 0 N–H and O–H groups in total. The zero-order valence-corrected chi connectivity index (χ0v) is 19.8. The monoisotopic (exact) mass is 527 g/mol. The summed E-state index contributed by atoms with van der Waals surface area (Å²) in [6.07, 6.45) is 0. The van der Waals surface area contributed by atoms with E-state index in [0.29, 0.717) is 17.2 Å². The van der Waals surface area contributed by atoms with E-state index in [1.54, 1.807) is 91.0 Å². The van der Waals surface area contributed by atoms with E-state index in [1.165, 1.54) is 0 Å². The maximum absolute atomic E-state index is 10.0. The van der Waals surface area contributed by atoms with Gasteiger partial charge < -0.3 is 28.3 Å². The predicted octanol–water partition coefficient (Wildman–Crippen LogP) is 2.44. The standard InChI is InChI=1S/3C6H7O3P.Fe/c3*7-10(8)9-6-4-2-1-3-5-6;/h3*1-5,10H,(H,7,8);/q;;;+3/p-3. The Bertz CT molecular complexity index is 794. The van der Waals surface area contributed by atoms with Gasteiger partial charge in [-0.05, 0) is 36.4 Å². The van der Waals surface area contributed by atoms with Gasteiger partial charge in [0.1, 0.15) is 17.2 Å². The van der Waals surface area contributed by atoms with Crippen molar-refractivity contribution in [1.82, 2.24) is 0 Å². The van der Waals surface area contributed by atoms with Crippen molar-refractivity contribution >= 4 is 24.8 Å². The van der Waals surface area contributed by atoms with Crippen LogP contribution in [0.3, 0.4) is 0 Å². The Labute approximate surface area is 192 Å². The minimum absolute atomic E-state index is 0. The van der Waals surface area contributed by atoms with E-state index in [2.05, 4.69) is 13.6 Å². The average molecular weight is 527 g/mol. The number of hydrogen-bond acceptors (Lipinski definition) is 9. The van der Waals surface area contributed by atoms with Crippen LogP contribution in [0.15, 0.2) is 91.0 Å².